The minimum absolute atomic E-state index is 0.188. The van der Waals surface area contributed by atoms with Crippen LogP contribution in [0.25, 0.3) is 0 Å². The van der Waals surface area contributed by atoms with Crippen molar-refractivity contribution in [1.29, 1.82) is 0 Å². The molecule has 0 saturated carbocycles. The highest BCUT2D eigenvalue weighted by Crippen LogP contribution is 2.23. The van der Waals surface area contributed by atoms with Crippen molar-refractivity contribution in [2.75, 3.05) is 6.61 Å². The normalized spacial score (nSPS) is 10.7. The number of hydrogen-bond acceptors (Lipinski definition) is 5. The third-order valence-corrected chi connectivity index (χ3v) is 5.14. The van der Waals surface area contributed by atoms with Crippen LogP contribution in [0, 0.1) is 6.92 Å². The van der Waals surface area contributed by atoms with E-state index in [1.54, 1.807) is 42.5 Å². The Morgan fingerprint density at radius 1 is 1.00 bits per heavy atom. The standard InChI is InChI=1S/C23H18Br2N2O4/c1-15-4-2-3-5-20(15)23(29)31-21-11-8-18(25)12-16(21)13-26-27-22(28)14-30-19-9-6-17(24)7-10-19/h2-13H,14H2,1H3,(H,27,28)/b26-13+. The summed E-state index contributed by atoms with van der Waals surface area (Å²) in [5, 5.41) is 3.94. The third kappa shape index (κ3) is 6.77. The highest BCUT2D eigenvalue weighted by atomic mass is 79.9. The van der Waals surface area contributed by atoms with Crippen LogP contribution in [0.5, 0.6) is 11.5 Å². The van der Waals surface area contributed by atoms with Gasteiger partial charge in [-0.1, -0.05) is 50.1 Å². The van der Waals surface area contributed by atoms with Crippen LogP contribution in [0.15, 0.2) is 80.8 Å². The highest BCUT2D eigenvalue weighted by molar-refractivity contribution is 9.10. The van der Waals surface area contributed by atoms with E-state index in [1.165, 1.54) is 6.21 Å². The molecule has 0 radical (unpaired) electrons. The molecule has 0 fully saturated rings. The van der Waals surface area contributed by atoms with Crippen molar-refractivity contribution < 1.29 is 19.1 Å². The molecule has 1 N–H and O–H groups in total. The number of nitrogens with one attached hydrogen (secondary N) is 1. The number of hydrogen-bond donors (Lipinski definition) is 1. The van der Waals surface area contributed by atoms with Gasteiger partial charge >= 0.3 is 5.97 Å². The first kappa shape index (κ1) is 22.7. The zero-order valence-corrected chi connectivity index (χ0v) is 19.6. The molecule has 158 valence electrons. The van der Waals surface area contributed by atoms with Gasteiger partial charge in [-0.3, -0.25) is 4.79 Å². The van der Waals surface area contributed by atoms with E-state index in [-0.39, 0.29) is 6.61 Å². The number of benzene rings is 3. The molecule has 0 aliphatic carbocycles. The van der Waals surface area contributed by atoms with E-state index in [1.807, 2.05) is 31.2 Å². The Hall–Kier alpha value is -2.97. The van der Waals surface area contributed by atoms with Gasteiger partial charge in [0.15, 0.2) is 6.61 Å². The predicted molar refractivity (Wildman–Crippen MR) is 126 cm³/mol. The minimum atomic E-state index is -0.470. The summed E-state index contributed by atoms with van der Waals surface area (Å²) >= 11 is 6.72. The van der Waals surface area contributed by atoms with Gasteiger partial charge in [0.2, 0.25) is 0 Å². The number of hydrazone groups is 1. The number of carbonyl (C=O) groups excluding carboxylic acids is 2. The second-order valence-corrected chi connectivity index (χ2v) is 8.25. The molecule has 3 rings (SSSR count). The summed E-state index contributed by atoms with van der Waals surface area (Å²) in [6, 6.07) is 19.4. The Kier molecular flexibility index (Phi) is 7.97. The van der Waals surface area contributed by atoms with E-state index >= 15 is 0 Å². The van der Waals surface area contributed by atoms with Crippen LogP contribution in [0.4, 0.5) is 0 Å². The first-order valence-corrected chi connectivity index (χ1v) is 10.8. The fraction of sp³-hybridized carbons (Fsp3) is 0.0870. The van der Waals surface area contributed by atoms with E-state index in [0.717, 1.165) is 14.5 Å². The van der Waals surface area contributed by atoms with E-state index < -0.39 is 11.9 Å². The van der Waals surface area contributed by atoms with Crippen molar-refractivity contribution in [2.24, 2.45) is 5.10 Å². The molecule has 0 aliphatic rings. The Morgan fingerprint density at radius 2 is 1.71 bits per heavy atom. The van der Waals surface area contributed by atoms with Gasteiger partial charge in [0, 0.05) is 14.5 Å². The monoisotopic (exact) mass is 544 g/mol. The zero-order chi connectivity index (χ0) is 22.2. The summed E-state index contributed by atoms with van der Waals surface area (Å²) in [4.78, 5) is 24.5. The number of esters is 1. The number of amides is 1. The molecule has 0 unspecified atom stereocenters. The van der Waals surface area contributed by atoms with Crippen LogP contribution in [0.2, 0.25) is 0 Å². The first-order valence-electron chi connectivity index (χ1n) is 9.20. The Balaban J connectivity index is 1.62. The van der Waals surface area contributed by atoms with Gasteiger partial charge in [-0.2, -0.15) is 5.10 Å². The summed E-state index contributed by atoms with van der Waals surface area (Å²) in [6.45, 7) is 1.65. The molecule has 0 bridgehead atoms. The van der Waals surface area contributed by atoms with Crippen LogP contribution >= 0.6 is 31.9 Å². The van der Waals surface area contributed by atoms with Crippen molar-refractivity contribution >= 4 is 50.0 Å². The summed E-state index contributed by atoms with van der Waals surface area (Å²) in [5.74, 6) is -0.00471. The summed E-state index contributed by atoms with van der Waals surface area (Å²) in [5.41, 5.74) is 4.21. The average molecular weight is 546 g/mol. The smallest absolute Gasteiger partial charge is 0.343 e. The van der Waals surface area contributed by atoms with E-state index in [0.29, 0.717) is 22.6 Å². The largest absolute Gasteiger partial charge is 0.484 e. The molecule has 31 heavy (non-hydrogen) atoms. The average Bonchev–Trinajstić information content (AvgIpc) is 2.75. The molecule has 1 amide bonds. The molecule has 0 spiro atoms. The lowest BCUT2D eigenvalue weighted by Crippen LogP contribution is -2.24. The second-order valence-electron chi connectivity index (χ2n) is 6.42. The molecule has 0 aliphatic heterocycles. The van der Waals surface area contributed by atoms with Crippen molar-refractivity contribution in [3.63, 3.8) is 0 Å². The second kappa shape index (κ2) is 10.9. The fourth-order valence-corrected chi connectivity index (χ4v) is 3.20. The summed E-state index contributed by atoms with van der Waals surface area (Å²) in [6.07, 6.45) is 1.41. The number of aryl methyl sites for hydroxylation is 1. The maximum Gasteiger partial charge on any atom is 0.343 e. The van der Waals surface area contributed by atoms with Gasteiger partial charge < -0.3 is 9.47 Å². The Morgan fingerprint density at radius 3 is 2.45 bits per heavy atom. The Labute approximate surface area is 196 Å². The molecule has 0 atom stereocenters. The van der Waals surface area contributed by atoms with Crippen LogP contribution in [-0.4, -0.2) is 24.7 Å². The maximum atomic E-state index is 12.5. The lowest BCUT2D eigenvalue weighted by molar-refractivity contribution is -0.123. The van der Waals surface area contributed by atoms with Crippen LogP contribution in [0.1, 0.15) is 21.5 Å². The maximum absolute atomic E-state index is 12.5. The number of halogens is 2. The molecule has 0 saturated heterocycles. The summed E-state index contributed by atoms with van der Waals surface area (Å²) < 4.78 is 12.6. The molecule has 6 nitrogen and oxygen atoms in total. The minimum Gasteiger partial charge on any atom is -0.484 e. The van der Waals surface area contributed by atoms with E-state index in [9.17, 15) is 9.59 Å². The van der Waals surface area contributed by atoms with Gasteiger partial charge in [-0.05, 0) is 61.0 Å². The molecule has 0 aromatic heterocycles. The number of rotatable bonds is 7. The van der Waals surface area contributed by atoms with Gasteiger partial charge in [0.1, 0.15) is 11.5 Å². The molecule has 3 aromatic carbocycles. The van der Waals surface area contributed by atoms with Gasteiger partial charge in [-0.25, -0.2) is 10.2 Å². The van der Waals surface area contributed by atoms with Crippen molar-refractivity contribution in [1.82, 2.24) is 5.43 Å². The fourth-order valence-electron chi connectivity index (χ4n) is 2.56. The molecule has 8 heteroatoms. The number of nitrogens with zero attached hydrogens (tertiary/aromatic N) is 1. The van der Waals surface area contributed by atoms with Crippen molar-refractivity contribution in [3.05, 3.63) is 92.4 Å². The summed E-state index contributed by atoms with van der Waals surface area (Å²) in [7, 11) is 0. The van der Waals surface area contributed by atoms with Crippen LogP contribution in [-0.2, 0) is 4.79 Å². The van der Waals surface area contributed by atoms with Gasteiger partial charge in [0.05, 0.1) is 11.8 Å². The van der Waals surface area contributed by atoms with Crippen molar-refractivity contribution in [3.8, 4) is 11.5 Å². The number of carbonyl (C=O) groups is 2. The SMILES string of the molecule is Cc1ccccc1C(=O)Oc1ccc(Br)cc1/C=N/NC(=O)COc1ccc(Br)cc1. The van der Waals surface area contributed by atoms with Gasteiger partial charge in [0.25, 0.3) is 5.91 Å². The molecular weight excluding hydrogens is 528 g/mol. The number of ether oxygens (including phenoxy) is 2. The highest BCUT2D eigenvalue weighted by Gasteiger charge is 2.13. The predicted octanol–water partition coefficient (Wildman–Crippen LogP) is 5.27. The Bertz CT molecular complexity index is 1110. The quantitative estimate of drug-likeness (QED) is 0.190. The van der Waals surface area contributed by atoms with Crippen molar-refractivity contribution in [2.45, 2.75) is 6.92 Å². The third-order valence-electron chi connectivity index (χ3n) is 4.12. The topological polar surface area (TPSA) is 77.0 Å². The van der Waals surface area contributed by atoms with E-state index in [4.69, 9.17) is 9.47 Å². The van der Waals surface area contributed by atoms with Crippen LogP contribution in [0.3, 0.4) is 0 Å². The molecule has 3 aromatic rings. The van der Waals surface area contributed by atoms with Gasteiger partial charge in [-0.15, -0.1) is 0 Å². The lowest BCUT2D eigenvalue weighted by Gasteiger charge is -2.09. The zero-order valence-electron chi connectivity index (χ0n) is 16.5. The van der Waals surface area contributed by atoms with E-state index in [2.05, 4.69) is 42.4 Å². The first-order chi connectivity index (χ1) is 14.9. The molecular formula is C23H18Br2N2O4. The van der Waals surface area contributed by atoms with Crippen LogP contribution < -0.4 is 14.9 Å². The lowest BCUT2D eigenvalue weighted by atomic mass is 10.1. The molecule has 0 heterocycles.